The number of rotatable bonds is 0. The summed E-state index contributed by atoms with van der Waals surface area (Å²) in [7, 11) is 0. The van der Waals surface area contributed by atoms with E-state index < -0.39 is 0 Å². The van der Waals surface area contributed by atoms with Crippen LogP contribution >= 0.6 is 15.9 Å². The molecule has 0 aliphatic carbocycles. The third-order valence-corrected chi connectivity index (χ3v) is 3.65. The van der Waals surface area contributed by atoms with E-state index in [9.17, 15) is 9.90 Å². The van der Waals surface area contributed by atoms with Gasteiger partial charge in [0.25, 0.3) is 5.91 Å². The molecule has 3 rings (SSSR count). The van der Waals surface area contributed by atoms with Crippen LogP contribution < -0.4 is 5.32 Å². The van der Waals surface area contributed by atoms with E-state index >= 15 is 0 Å². The zero-order valence-electron chi connectivity index (χ0n) is 8.30. The molecule has 0 atom stereocenters. The molecule has 4 nitrogen and oxygen atoms in total. The lowest BCUT2D eigenvalue weighted by Gasteiger charge is -2.12. The van der Waals surface area contributed by atoms with Gasteiger partial charge in [-0.2, -0.15) is 0 Å². The van der Waals surface area contributed by atoms with Gasteiger partial charge in [0.15, 0.2) is 0 Å². The Morgan fingerprint density at radius 3 is 3.00 bits per heavy atom. The molecule has 5 heteroatoms. The van der Waals surface area contributed by atoms with Crippen molar-refractivity contribution in [2.45, 2.75) is 6.42 Å². The Labute approximate surface area is 99.8 Å². The number of nitrogens with one attached hydrogen (secondary N) is 2. The smallest absolute Gasteiger partial charge is 0.253 e. The number of hydrogen-bond acceptors (Lipinski definition) is 2. The van der Waals surface area contributed by atoms with Gasteiger partial charge in [0.2, 0.25) is 0 Å². The first-order valence-electron chi connectivity index (χ1n) is 4.98. The van der Waals surface area contributed by atoms with E-state index in [0.29, 0.717) is 16.6 Å². The fourth-order valence-corrected chi connectivity index (χ4v) is 2.66. The van der Waals surface area contributed by atoms with E-state index in [1.54, 1.807) is 12.1 Å². The van der Waals surface area contributed by atoms with Crippen molar-refractivity contribution in [2.75, 3.05) is 6.54 Å². The predicted molar refractivity (Wildman–Crippen MR) is 63.7 cm³/mol. The molecule has 82 valence electrons. The molecule has 1 aromatic heterocycles. The SMILES string of the molecule is O=C1NCCc2[nH]c3ccc(O)c(Br)c3c21. The number of carbonyl (C=O) groups excluding carboxylic acids is 1. The summed E-state index contributed by atoms with van der Waals surface area (Å²) in [6.07, 6.45) is 0.795. The molecular weight excluding hydrogens is 272 g/mol. The maximum absolute atomic E-state index is 11.8. The number of fused-ring (bicyclic) bond motifs is 3. The van der Waals surface area contributed by atoms with Gasteiger partial charge in [0.1, 0.15) is 5.75 Å². The fraction of sp³-hybridized carbons (Fsp3) is 0.182. The number of H-pyrrole nitrogens is 1. The molecule has 3 N–H and O–H groups in total. The molecule has 0 spiro atoms. The Bertz CT molecular complexity index is 604. The molecule has 1 aliphatic rings. The zero-order chi connectivity index (χ0) is 11.3. The Morgan fingerprint density at radius 2 is 2.19 bits per heavy atom. The van der Waals surface area contributed by atoms with Crippen molar-refractivity contribution >= 4 is 32.7 Å². The molecule has 0 unspecified atom stereocenters. The maximum atomic E-state index is 11.8. The molecule has 1 amide bonds. The van der Waals surface area contributed by atoms with Crippen LogP contribution in [-0.2, 0) is 6.42 Å². The largest absolute Gasteiger partial charge is 0.507 e. The number of phenols is 1. The molecule has 0 radical (unpaired) electrons. The summed E-state index contributed by atoms with van der Waals surface area (Å²) in [6, 6.07) is 3.38. The number of aromatic amines is 1. The summed E-state index contributed by atoms with van der Waals surface area (Å²) in [4.78, 5) is 15.0. The van der Waals surface area contributed by atoms with Gasteiger partial charge in [0, 0.05) is 29.6 Å². The number of aromatic nitrogens is 1. The van der Waals surface area contributed by atoms with Gasteiger partial charge in [-0.15, -0.1) is 0 Å². The van der Waals surface area contributed by atoms with Gasteiger partial charge in [-0.25, -0.2) is 0 Å². The van der Waals surface area contributed by atoms with E-state index in [-0.39, 0.29) is 11.7 Å². The highest BCUT2D eigenvalue weighted by Gasteiger charge is 2.24. The van der Waals surface area contributed by atoms with Crippen LogP contribution in [0.1, 0.15) is 16.1 Å². The second kappa shape index (κ2) is 3.25. The molecule has 0 fully saturated rings. The normalized spacial score (nSPS) is 14.9. The van der Waals surface area contributed by atoms with Crippen LogP contribution in [0.3, 0.4) is 0 Å². The van der Waals surface area contributed by atoms with Gasteiger partial charge in [-0.05, 0) is 28.1 Å². The van der Waals surface area contributed by atoms with E-state index in [4.69, 9.17) is 0 Å². The van der Waals surface area contributed by atoms with Crippen molar-refractivity contribution in [3.8, 4) is 5.75 Å². The Morgan fingerprint density at radius 1 is 1.38 bits per heavy atom. The first-order valence-corrected chi connectivity index (χ1v) is 5.78. The van der Waals surface area contributed by atoms with Gasteiger partial charge >= 0.3 is 0 Å². The Balaban J connectivity index is 2.44. The topological polar surface area (TPSA) is 65.1 Å². The van der Waals surface area contributed by atoms with Crippen LogP contribution in [0, 0.1) is 0 Å². The van der Waals surface area contributed by atoms with Gasteiger partial charge in [-0.3, -0.25) is 4.79 Å². The van der Waals surface area contributed by atoms with Crippen LogP contribution in [0.4, 0.5) is 0 Å². The Hall–Kier alpha value is -1.49. The van der Waals surface area contributed by atoms with Crippen LogP contribution in [0.5, 0.6) is 5.75 Å². The predicted octanol–water partition coefficient (Wildman–Crippen LogP) is 1.92. The summed E-state index contributed by atoms with van der Waals surface area (Å²) in [5.74, 6) is 0.0615. The lowest BCUT2D eigenvalue weighted by atomic mass is 10.1. The number of hydrogen-bond donors (Lipinski definition) is 3. The zero-order valence-corrected chi connectivity index (χ0v) is 9.89. The van der Waals surface area contributed by atoms with E-state index in [1.165, 1.54) is 0 Å². The Kier molecular flexibility index (Phi) is 1.97. The summed E-state index contributed by atoms with van der Waals surface area (Å²) < 4.78 is 0.569. The summed E-state index contributed by atoms with van der Waals surface area (Å²) in [6.45, 7) is 0.655. The van der Waals surface area contributed by atoms with Crippen molar-refractivity contribution in [1.82, 2.24) is 10.3 Å². The quantitative estimate of drug-likeness (QED) is 0.690. The highest BCUT2D eigenvalue weighted by Crippen LogP contribution is 2.36. The first-order chi connectivity index (χ1) is 7.68. The van der Waals surface area contributed by atoms with Crippen molar-refractivity contribution in [3.05, 3.63) is 27.9 Å². The number of halogens is 1. The van der Waals surface area contributed by atoms with E-state index in [2.05, 4.69) is 26.2 Å². The second-order valence-corrected chi connectivity index (χ2v) is 4.60. The molecule has 16 heavy (non-hydrogen) atoms. The molecule has 2 aromatic rings. The molecule has 0 bridgehead atoms. The monoisotopic (exact) mass is 280 g/mol. The summed E-state index contributed by atoms with van der Waals surface area (Å²) in [5, 5.41) is 13.2. The van der Waals surface area contributed by atoms with Crippen molar-refractivity contribution < 1.29 is 9.90 Å². The molecule has 0 saturated heterocycles. The second-order valence-electron chi connectivity index (χ2n) is 3.81. The van der Waals surface area contributed by atoms with Crippen molar-refractivity contribution in [1.29, 1.82) is 0 Å². The lowest BCUT2D eigenvalue weighted by molar-refractivity contribution is 0.0947. The summed E-state index contributed by atoms with van der Waals surface area (Å²) >= 11 is 3.32. The van der Waals surface area contributed by atoms with Gasteiger partial charge in [-0.1, -0.05) is 0 Å². The first kappa shape index (κ1) is 9.72. The minimum Gasteiger partial charge on any atom is -0.507 e. The minimum atomic E-state index is -0.0844. The number of amides is 1. The number of carbonyl (C=O) groups is 1. The molecule has 1 aromatic carbocycles. The van der Waals surface area contributed by atoms with Crippen LogP contribution in [0.25, 0.3) is 10.9 Å². The van der Waals surface area contributed by atoms with Crippen LogP contribution in [-0.4, -0.2) is 22.5 Å². The number of aromatic hydroxyl groups is 1. The average molecular weight is 281 g/mol. The maximum Gasteiger partial charge on any atom is 0.253 e. The van der Waals surface area contributed by atoms with E-state index in [0.717, 1.165) is 23.0 Å². The van der Waals surface area contributed by atoms with Gasteiger partial charge in [0.05, 0.1) is 10.0 Å². The highest BCUT2D eigenvalue weighted by molar-refractivity contribution is 9.10. The fourth-order valence-electron chi connectivity index (χ4n) is 2.12. The third kappa shape index (κ3) is 1.18. The number of benzene rings is 1. The van der Waals surface area contributed by atoms with Crippen molar-refractivity contribution in [2.24, 2.45) is 0 Å². The molecular formula is C11H9BrN2O2. The van der Waals surface area contributed by atoms with Gasteiger partial charge < -0.3 is 15.4 Å². The highest BCUT2D eigenvalue weighted by atomic mass is 79.9. The summed E-state index contributed by atoms with van der Waals surface area (Å²) in [5.41, 5.74) is 2.45. The van der Waals surface area contributed by atoms with E-state index in [1.807, 2.05) is 0 Å². The minimum absolute atomic E-state index is 0.0844. The van der Waals surface area contributed by atoms with Crippen molar-refractivity contribution in [3.63, 3.8) is 0 Å². The number of phenolic OH excluding ortho intramolecular Hbond substituents is 1. The van der Waals surface area contributed by atoms with Crippen LogP contribution in [0.15, 0.2) is 16.6 Å². The molecule has 0 saturated carbocycles. The standard InChI is InChI=1S/C11H9BrN2O2/c12-10-7(15)2-1-5-8(10)9-6(14-5)3-4-13-11(9)16/h1-2,14-15H,3-4H2,(H,13,16). The molecule has 1 aliphatic heterocycles. The van der Waals surface area contributed by atoms with Crippen LogP contribution in [0.2, 0.25) is 0 Å². The average Bonchev–Trinajstić information content (AvgIpc) is 2.64. The molecule has 2 heterocycles. The third-order valence-electron chi connectivity index (χ3n) is 2.85. The lowest BCUT2D eigenvalue weighted by Crippen LogP contribution is -2.31.